The third-order valence-corrected chi connectivity index (χ3v) is 14.8. The molecule has 0 aliphatic carbocycles. The van der Waals surface area contributed by atoms with Crippen LogP contribution in [0.3, 0.4) is 0 Å². The summed E-state index contributed by atoms with van der Waals surface area (Å²) < 4.78 is 25.3. The van der Waals surface area contributed by atoms with E-state index in [-0.39, 0.29) is 52.2 Å². The SMILES string of the molecule is CC(C)(C)OC(=O)N1CCCC1c1noc(-c2cc(-c3cccc(C#N)c3)ncn2)n1.COC(=O)c1cc(-c2cccc(C#N)c2)ncn1.COC(=O)c1cc(Cl)ncn1.N#Cc1cccc(-c2cc(-c3nc(C4CCCN4C#N)no3)ncn2)c1.N#Cc1cccc(-c2cc(C(=O)O)ncn2)c1. The lowest BCUT2D eigenvalue weighted by Crippen LogP contribution is -2.36. The van der Waals surface area contributed by atoms with E-state index in [9.17, 15) is 24.4 Å². The molecule has 0 saturated carbocycles. The molecule has 31 nitrogen and oxygen atoms in total. The molecule has 32 heteroatoms. The van der Waals surface area contributed by atoms with Crippen LogP contribution in [-0.2, 0) is 14.2 Å². The van der Waals surface area contributed by atoms with Crippen molar-refractivity contribution in [1.82, 2.24) is 79.9 Å². The first-order valence-electron chi connectivity index (χ1n) is 30.8. The van der Waals surface area contributed by atoms with Crippen LogP contribution in [0.5, 0.6) is 0 Å². The van der Waals surface area contributed by atoms with Crippen LogP contribution in [0.25, 0.3) is 68.2 Å². The van der Waals surface area contributed by atoms with Crippen LogP contribution in [-0.4, -0.2) is 142 Å². The maximum Gasteiger partial charge on any atom is 0.410 e. The van der Waals surface area contributed by atoms with Gasteiger partial charge in [0.2, 0.25) is 0 Å². The van der Waals surface area contributed by atoms with E-state index in [2.05, 4.69) is 104 Å². The van der Waals surface area contributed by atoms with Gasteiger partial charge in [0.05, 0.1) is 89.6 Å². The Morgan fingerprint density at radius 2 is 0.874 bits per heavy atom. The Labute approximate surface area is 592 Å². The van der Waals surface area contributed by atoms with Crippen molar-refractivity contribution in [2.75, 3.05) is 27.3 Å². The Bertz CT molecular complexity index is 5110. The molecule has 4 aromatic carbocycles. The van der Waals surface area contributed by atoms with Crippen molar-refractivity contribution >= 4 is 35.6 Å². The number of esters is 2. The zero-order valence-electron chi connectivity index (χ0n) is 55.3. The largest absolute Gasteiger partial charge is 0.477 e. The third kappa shape index (κ3) is 19.8. The highest BCUT2D eigenvalue weighted by Crippen LogP contribution is 2.34. The number of carbonyl (C=O) groups is 4. The van der Waals surface area contributed by atoms with E-state index in [0.717, 1.165) is 42.4 Å². The molecule has 2 aliphatic rings. The number of aromatic carboxylic acids is 1. The van der Waals surface area contributed by atoms with Crippen LogP contribution in [0.1, 0.15) is 124 Å². The summed E-state index contributed by atoms with van der Waals surface area (Å²) in [4.78, 5) is 97.4. The fourth-order valence-electron chi connectivity index (χ4n) is 9.85. The number of nitriles is 5. The van der Waals surface area contributed by atoms with Gasteiger partial charge in [-0.3, -0.25) is 9.80 Å². The number of hydrogen-bond donors (Lipinski definition) is 1. The number of amides is 1. The highest BCUT2D eigenvalue weighted by Gasteiger charge is 2.36. The van der Waals surface area contributed by atoms with Crippen LogP contribution in [0, 0.1) is 56.8 Å². The van der Waals surface area contributed by atoms with Crippen LogP contribution in [0.4, 0.5) is 4.79 Å². The monoisotopic (exact) mass is 1400 g/mol. The molecule has 13 rings (SSSR count). The van der Waals surface area contributed by atoms with Gasteiger partial charge in [0.25, 0.3) is 11.8 Å². The molecule has 2 fully saturated rings. The number of hydrogen-bond acceptors (Lipinski definition) is 29. The molecule has 0 spiro atoms. The van der Waals surface area contributed by atoms with E-state index in [1.54, 1.807) is 101 Å². The maximum atomic E-state index is 12.5. The number of nitrogens with zero attached hydrogens (tertiary/aromatic N) is 21. The van der Waals surface area contributed by atoms with Crippen LogP contribution < -0.4 is 0 Å². The van der Waals surface area contributed by atoms with E-state index < -0.39 is 23.5 Å². The number of carboxylic acids is 1. The van der Waals surface area contributed by atoms with Crippen molar-refractivity contribution in [3.8, 4) is 98.7 Å². The first-order valence-corrected chi connectivity index (χ1v) is 31.2. The molecule has 103 heavy (non-hydrogen) atoms. The predicted octanol–water partition coefficient (Wildman–Crippen LogP) is 11.3. The summed E-state index contributed by atoms with van der Waals surface area (Å²) >= 11 is 5.49. The van der Waals surface area contributed by atoms with Crippen LogP contribution >= 0.6 is 11.6 Å². The van der Waals surface area contributed by atoms with Gasteiger partial charge in [0.15, 0.2) is 34.9 Å². The van der Waals surface area contributed by atoms with Gasteiger partial charge in [-0.05, 0) is 119 Å². The first kappa shape index (κ1) is 73.0. The number of carbonyl (C=O) groups excluding carboxylic acids is 3. The highest BCUT2D eigenvalue weighted by atomic mass is 35.5. The lowest BCUT2D eigenvalue weighted by molar-refractivity contribution is 0.0216. The average Bonchev–Trinajstić information content (AvgIpc) is 1.48. The van der Waals surface area contributed by atoms with Crippen molar-refractivity contribution in [1.29, 1.82) is 26.3 Å². The second kappa shape index (κ2) is 34.8. The molecule has 2 unspecified atom stereocenters. The van der Waals surface area contributed by atoms with Crippen LogP contribution in [0.15, 0.2) is 168 Å². The summed E-state index contributed by atoms with van der Waals surface area (Å²) in [5.41, 5.74) is 8.17. The molecule has 2 aliphatic heterocycles. The number of aromatic nitrogens is 14. The summed E-state index contributed by atoms with van der Waals surface area (Å²) in [7, 11) is 2.57. The number of benzene rings is 4. The average molecular weight is 1400 g/mol. The Kier molecular flexibility index (Phi) is 24.7. The molecule has 1 amide bonds. The van der Waals surface area contributed by atoms with E-state index in [1.807, 2.05) is 45.0 Å². The Balaban J connectivity index is 0.000000156. The van der Waals surface area contributed by atoms with Crippen molar-refractivity contribution < 1.29 is 47.5 Å². The Morgan fingerprint density at radius 3 is 1.29 bits per heavy atom. The minimum absolute atomic E-state index is 0.0719. The molecule has 7 aromatic heterocycles. The lowest BCUT2D eigenvalue weighted by Gasteiger charge is -2.27. The van der Waals surface area contributed by atoms with Gasteiger partial charge in [0, 0.05) is 41.4 Å². The third-order valence-electron chi connectivity index (χ3n) is 14.6. The van der Waals surface area contributed by atoms with Gasteiger partial charge < -0.3 is 28.4 Å². The molecule has 0 bridgehead atoms. The van der Waals surface area contributed by atoms with Gasteiger partial charge in [-0.15, -0.1) is 0 Å². The van der Waals surface area contributed by atoms with Gasteiger partial charge in [-0.1, -0.05) is 70.4 Å². The van der Waals surface area contributed by atoms with Gasteiger partial charge >= 0.3 is 24.0 Å². The normalized spacial score (nSPS) is 13.2. The van der Waals surface area contributed by atoms with Crippen molar-refractivity contribution in [3.05, 3.63) is 215 Å². The number of carboxylic acid groups (broad SMARTS) is 1. The molecular formula is C71H56ClN21O10. The second-order valence-corrected chi connectivity index (χ2v) is 23.0. The lowest BCUT2D eigenvalue weighted by atomic mass is 10.1. The number of rotatable bonds is 11. The number of halogens is 1. The van der Waals surface area contributed by atoms with E-state index in [4.69, 9.17) is 51.5 Å². The minimum atomic E-state index is -1.11. The number of methoxy groups -OCH3 is 2. The molecule has 512 valence electrons. The summed E-state index contributed by atoms with van der Waals surface area (Å²) in [6.07, 6.45) is 11.6. The zero-order chi connectivity index (χ0) is 73.4. The fraction of sp³-hybridized carbons (Fsp3) is 0.197. The highest BCUT2D eigenvalue weighted by molar-refractivity contribution is 6.29. The van der Waals surface area contributed by atoms with E-state index in [0.29, 0.717) is 86.7 Å². The molecule has 9 heterocycles. The summed E-state index contributed by atoms with van der Waals surface area (Å²) in [5, 5.41) is 62.1. The van der Waals surface area contributed by atoms with Gasteiger partial charge in [-0.2, -0.15) is 36.3 Å². The van der Waals surface area contributed by atoms with Crippen LogP contribution in [0.2, 0.25) is 5.15 Å². The predicted molar refractivity (Wildman–Crippen MR) is 361 cm³/mol. The van der Waals surface area contributed by atoms with Gasteiger partial charge in [0.1, 0.15) is 59.8 Å². The molecule has 11 aromatic rings. The summed E-state index contributed by atoms with van der Waals surface area (Å²) in [6, 6.07) is 43.6. The summed E-state index contributed by atoms with van der Waals surface area (Å²) in [6.45, 7) is 6.79. The molecule has 2 saturated heterocycles. The standard InChI is InChI=1S/C22H22N6O3.C18H13N7O.C13H9N3O2.C12H7N3O2.C6H5ClN2O2/c1-22(2,3)30-21(29)28-9-5-8-18(28)19-26-20(31-27-19)17-11-16(24-13-25-17)15-7-4-6-14(10-15)12-23;19-9-12-3-1-4-13(7-12)14-8-15(22-11-21-14)18-23-17(24-26-18)16-5-2-6-25(16)10-20;1-18-13(17)12-6-11(15-8-16-12)10-4-2-3-9(5-10)7-14;13-6-8-2-1-3-9(4-8)10-5-11(12(16)17)15-7-14-10;1-11-6(10)4-2-5(7)9-3-8-4/h4,6-7,10-11,13,18H,5,8-9H2,1-3H3;1,3-4,7-8,11,16H,2,5-6H2;2-6,8H,1H3;1-5,7H,(H,16,17);2-3H,1H3. The van der Waals surface area contributed by atoms with Gasteiger partial charge in [-0.25, -0.2) is 69.0 Å². The topological polar surface area (TPSA) is 448 Å². The summed E-state index contributed by atoms with van der Waals surface area (Å²) in [5.74, 6) is -0.707. The maximum absolute atomic E-state index is 12.5. The minimum Gasteiger partial charge on any atom is -0.477 e. The molecule has 0 radical (unpaired) electrons. The number of ether oxygens (including phenoxy) is 3. The molecule has 2 atom stereocenters. The smallest absolute Gasteiger partial charge is 0.410 e. The van der Waals surface area contributed by atoms with E-state index >= 15 is 0 Å². The van der Waals surface area contributed by atoms with Crippen molar-refractivity contribution in [2.24, 2.45) is 0 Å². The number of likely N-dealkylation sites (tertiary alicyclic amines) is 2. The zero-order valence-corrected chi connectivity index (χ0v) is 56.1. The van der Waals surface area contributed by atoms with Crippen molar-refractivity contribution in [3.63, 3.8) is 0 Å². The second-order valence-electron chi connectivity index (χ2n) is 22.6. The van der Waals surface area contributed by atoms with E-state index in [1.165, 1.54) is 64.1 Å². The molecule has 1 N–H and O–H groups in total. The Hall–Kier alpha value is -14.2. The fourth-order valence-corrected chi connectivity index (χ4v) is 9.99. The first-order chi connectivity index (χ1) is 49.8. The quantitative estimate of drug-likeness (QED) is 0.0544. The van der Waals surface area contributed by atoms with Crippen molar-refractivity contribution in [2.45, 2.75) is 64.1 Å². The Morgan fingerprint density at radius 1 is 0.495 bits per heavy atom. The molecular weight excluding hydrogens is 1340 g/mol.